The Morgan fingerprint density at radius 2 is 1.68 bits per heavy atom. The van der Waals surface area contributed by atoms with Crippen LogP contribution in [0.4, 0.5) is 10.5 Å². The third-order valence-corrected chi connectivity index (χ3v) is 7.01. The molecule has 0 unspecified atom stereocenters. The van der Waals surface area contributed by atoms with Crippen molar-refractivity contribution in [3.05, 3.63) is 105 Å². The van der Waals surface area contributed by atoms with E-state index in [0.29, 0.717) is 29.4 Å². The van der Waals surface area contributed by atoms with Gasteiger partial charge in [0.05, 0.1) is 16.4 Å². The van der Waals surface area contributed by atoms with Crippen molar-refractivity contribution in [2.24, 2.45) is 0 Å². The molecule has 1 fully saturated rings. The van der Waals surface area contributed by atoms with E-state index in [0.717, 1.165) is 30.4 Å². The summed E-state index contributed by atoms with van der Waals surface area (Å²) in [6, 6.07) is 23.8. The number of benzene rings is 4. The number of nitrogens with zero attached hydrogens (tertiary/aromatic N) is 1. The number of nitrogens with one attached hydrogen (secondary N) is 1. The van der Waals surface area contributed by atoms with Crippen molar-refractivity contribution in [1.29, 1.82) is 0 Å². The molecule has 0 aromatic heterocycles. The van der Waals surface area contributed by atoms with Gasteiger partial charge in [-0.15, -0.1) is 0 Å². The maximum Gasteiger partial charge on any atom is 0.335 e. The first-order chi connectivity index (χ1) is 18.4. The number of methoxy groups -OCH3 is 1. The van der Waals surface area contributed by atoms with Gasteiger partial charge >= 0.3 is 6.03 Å². The SMILES string of the molecule is COc1cc(/C=C2\C(=O)NC(=O)N(c3ccc(C)cc3)C2=O)cc(I)c1OCc1cccc2ccccc12. The number of amides is 4. The van der Waals surface area contributed by atoms with Crippen molar-refractivity contribution in [1.82, 2.24) is 5.32 Å². The number of ether oxygens (including phenoxy) is 2. The van der Waals surface area contributed by atoms with Crippen LogP contribution in [0, 0.1) is 10.5 Å². The molecule has 5 rings (SSSR count). The van der Waals surface area contributed by atoms with Crippen molar-refractivity contribution in [3.8, 4) is 11.5 Å². The van der Waals surface area contributed by atoms with E-state index in [1.54, 1.807) is 36.4 Å². The van der Waals surface area contributed by atoms with E-state index in [9.17, 15) is 14.4 Å². The molecule has 0 radical (unpaired) electrons. The fourth-order valence-electron chi connectivity index (χ4n) is 4.28. The summed E-state index contributed by atoms with van der Waals surface area (Å²) in [5, 5.41) is 4.49. The maximum atomic E-state index is 13.2. The number of carbonyl (C=O) groups is 3. The summed E-state index contributed by atoms with van der Waals surface area (Å²) in [7, 11) is 1.53. The van der Waals surface area contributed by atoms with E-state index < -0.39 is 17.8 Å². The molecular formula is C30H23IN2O5. The second kappa shape index (κ2) is 10.7. The highest BCUT2D eigenvalue weighted by Crippen LogP contribution is 2.36. The Morgan fingerprint density at radius 1 is 0.947 bits per heavy atom. The van der Waals surface area contributed by atoms with Gasteiger partial charge in [-0.1, -0.05) is 60.2 Å². The highest BCUT2D eigenvalue weighted by Gasteiger charge is 2.36. The lowest BCUT2D eigenvalue weighted by atomic mass is 10.1. The van der Waals surface area contributed by atoms with Crippen molar-refractivity contribution in [2.45, 2.75) is 13.5 Å². The van der Waals surface area contributed by atoms with Crippen LogP contribution in [-0.4, -0.2) is 25.0 Å². The highest BCUT2D eigenvalue weighted by molar-refractivity contribution is 14.1. The molecule has 1 N–H and O–H groups in total. The van der Waals surface area contributed by atoms with Gasteiger partial charge in [-0.25, -0.2) is 9.69 Å². The second-order valence-electron chi connectivity index (χ2n) is 8.75. The first-order valence-electron chi connectivity index (χ1n) is 11.8. The number of carbonyl (C=O) groups excluding carboxylic acids is 3. The predicted molar refractivity (Wildman–Crippen MR) is 154 cm³/mol. The summed E-state index contributed by atoms with van der Waals surface area (Å²) < 4.78 is 12.5. The lowest BCUT2D eigenvalue weighted by Gasteiger charge is -2.26. The Kier molecular flexibility index (Phi) is 7.15. The van der Waals surface area contributed by atoms with Crippen molar-refractivity contribution in [3.63, 3.8) is 0 Å². The smallest absolute Gasteiger partial charge is 0.335 e. The molecular weight excluding hydrogens is 595 g/mol. The van der Waals surface area contributed by atoms with E-state index in [-0.39, 0.29) is 5.57 Å². The molecule has 1 aliphatic heterocycles. The van der Waals surface area contributed by atoms with Gasteiger partial charge in [0.2, 0.25) is 0 Å². The fraction of sp³-hybridized carbons (Fsp3) is 0.100. The number of barbiturate groups is 1. The van der Waals surface area contributed by atoms with Crippen molar-refractivity contribution < 1.29 is 23.9 Å². The molecule has 4 aromatic rings. The summed E-state index contributed by atoms with van der Waals surface area (Å²) in [6.07, 6.45) is 1.45. The minimum absolute atomic E-state index is 0.160. The van der Waals surface area contributed by atoms with Crippen LogP contribution < -0.4 is 19.7 Å². The Labute approximate surface area is 233 Å². The number of fused-ring (bicyclic) bond motifs is 1. The molecule has 1 saturated heterocycles. The van der Waals surface area contributed by atoms with Crippen molar-refractivity contribution in [2.75, 3.05) is 12.0 Å². The molecule has 1 heterocycles. The molecule has 0 saturated carbocycles. The molecule has 0 bridgehead atoms. The van der Waals surface area contributed by atoms with Gasteiger partial charge in [0.1, 0.15) is 12.2 Å². The monoisotopic (exact) mass is 618 g/mol. The third kappa shape index (κ3) is 4.99. The Bertz CT molecular complexity index is 1610. The number of urea groups is 1. The summed E-state index contributed by atoms with van der Waals surface area (Å²) >= 11 is 2.14. The Hall–Kier alpha value is -4.18. The van der Waals surface area contributed by atoms with Gasteiger partial charge in [-0.2, -0.15) is 0 Å². The largest absolute Gasteiger partial charge is 0.493 e. The molecule has 7 nitrogen and oxygen atoms in total. The predicted octanol–water partition coefficient (Wildman–Crippen LogP) is 6.01. The summed E-state index contributed by atoms with van der Waals surface area (Å²) in [6.45, 7) is 2.24. The first kappa shape index (κ1) is 25.5. The standard InChI is InChI=1S/C30H23IN2O5/c1-18-10-12-22(13-11-18)33-29(35)24(28(34)32-30(33)36)14-19-15-25(31)27(26(16-19)37-2)38-17-21-8-5-7-20-6-3-4-9-23(20)21/h3-16H,17H2,1-2H3,(H,32,34,36)/b24-14+. The molecule has 4 aromatic carbocycles. The van der Waals surface area contributed by atoms with Gasteiger partial charge < -0.3 is 9.47 Å². The summed E-state index contributed by atoms with van der Waals surface area (Å²) in [4.78, 5) is 39.3. The van der Waals surface area contributed by atoms with Gasteiger partial charge in [-0.3, -0.25) is 14.9 Å². The van der Waals surface area contributed by atoms with Crippen molar-refractivity contribution >= 4 is 63.0 Å². The number of halogens is 1. The molecule has 4 amide bonds. The third-order valence-electron chi connectivity index (χ3n) is 6.21. The summed E-state index contributed by atoms with van der Waals surface area (Å²) in [5.74, 6) is -0.445. The fourth-order valence-corrected chi connectivity index (χ4v) is 5.07. The molecule has 0 atom stereocenters. The molecule has 0 aliphatic carbocycles. The van der Waals surface area contributed by atoms with Crippen LogP contribution in [-0.2, 0) is 16.2 Å². The number of anilines is 1. The molecule has 8 heteroatoms. The Balaban J connectivity index is 1.44. The number of imide groups is 2. The quantitative estimate of drug-likeness (QED) is 0.163. The van der Waals surface area contributed by atoms with Gasteiger partial charge in [-0.05, 0) is 81.8 Å². The topological polar surface area (TPSA) is 84.9 Å². The van der Waals surface area contributed by atoms with Gasteiger partial charge in [0.25, 0.3) is 11.8 Å². The van der Waals surface area contributed by atoms with Crippen LogP contribution in [0.5, 0.6) is 11.5 Å². The lowest BCUT2D eigenvalue weighted by molar-refractivity contribution is -0.122. The minimum atomic E-state index is -0.787. The van der Waals surface area contributed by atoms with E-state index in [1.807, 2.05) is 31.2 Å². The van der Waals surface area contributed by atoms with Crippen LogP contribution in [0.15, 0.2) is 84.4 Å². The van der Waals surface area contributed by atoms with Crippen LogP contribution >= 0.6 is 22.6 Å². The number of aryl methyl sites for hydroxylation is 1. The lowest BCUT2D eigenvalue weighted by Crippen LogP contribution is -2.54. The molecule has 38 heavy (non-hydrogen) atoms. The van der Waals surface area contributed by atoms with Crippen LogP contribution in [0.1, 0.15) is 16.7 Å². The zero-order chi connectivity index (χ0) is 26.8. The van der Waals surface area contributed by atoms with Gasteiger partial charge in [0, 0.05) is 0 Å². The molecule has 0 spiro atoms. The zero-order valence-corrected chi connectivity index (χ0v) is 22.8. The molecule has 1 aliphatic rings. The van der Waals surface area contributed by atoms with Crippen LogP contribution in [0.25, 0.3) is 16.8 Å². The van der Waals surface area contributed by atoms with E-state index in [2.05, 4.69) is 46.1 Å². The Morgan fingerprint density at radius 3 is 2.45 bits per heavy atom. The first-order valence-corrected chi connectivity index (χ1v) is 12.9. The number of hydrogen-bond donors (Lipinski definition) is 1. The van der Waals surface area contributed by atoms with Crippen LogP contribution in [0.3, 0.4) is 0 Å². The maximum absolute atomic E-state index is 13.2. The minimum Gasteiger partial charge on any atom is -0.493 e. The summed E-state index contributed by atoms with van der Waals surface area (Å²) in [5.41, 5.74) is 2.79. The zero-order valence-electron chi connectivity index (χ0n) is 20.7. The second-order valence-corrected chi connectivity index (χ2v) is 9.92. The van der Waals surface area contributed by atoms with E-state index in [4.69, 9.17) is 9.47 Å². The van der Waals surface area contributed by atoms with E-state index >= 15 is 0 Å². The van der Waals surface area contributed by atoms with Crippen LogP contribution in [0.2, 0.25) is 0 Å². The highest BCUT2D eigenvalue weighted by atomic mass is 127. The number of rotatable bonds is 6. The van der Waals surface area contributed by atoms with E-state index in [1.165, 1.54) is 13.2 Å². The van der Waals surface area contributed by atoms with Gasteiger partial charge in [0.15, 0.2) is 11.5 Å². The normalized spacial score (nSPS) is 14.7. The average molecular weight is 618 g/mol. The number of hydrogen-bond acceptors (Lipinski definition) is 5. The average Bonchev–Trinajstić information content (AvgIpc) is 2.91. The molecule has 190 valence electrons.